The topological polar surface area (TPSA) is 76.3 Å². The van der Waals surface area contributed by atoms with Gasteiger partial charge in [0.15, 0.2) is 0 Å². The summed E-state index contributed by atoms with van der Waals surface area (Å²) in [5, 5.41) is 2.91. The van der Waals surface area contributed by atoms with Gasteiger partial charge < -0.3 is 20.7 Å². The van der Waals surface area contributed by atoms with Crippen LogP contribution in [0.5, 0.6) is 5.88 Å². The summed E-state index contributed by atoms with van der Waals surface area (Å²) >= 11 is 0. The van der Waals surface area contributed by atoms with Crippen molar-refractivity contribution in [3.05, 3.63) is 6.07 Å². The molecule has 0 atom stereocenters. The number of likely N-dealkylation sites (N-methyl/N-ethyl adjacent to an activating group) is 1. The Kier molecular flexibility index (Phi) is 4.11. The third kappa shape index (κ3) is 3.74. The van der Waals surface area contributed by atoms with Crippen molar-refractivity contribution in [1.82, 2.24) is 14.9 Å². The van der Waals surface area contributed by atoms with E-state index in [0.717, 1.165) is 0 Å². The van der Waals surface area contributed by atoms with Gasteiger partial charge in [0.05, 0.1) is 0 Å². The maximum Gasteiger partial charge on any atom is 0.225 e. The third-order valence-electron chi connectivity index (χ3n) is 2.76. The Morgan fingerprint density at radius 2 is 2.06 bits per heavy atom. The van der Waals surface area contributed by atoms with Gasteiger partial charge >= 0.3 is 0 Å². The monoisotopic (exact) mass is 239 g/mol. The second-order valence-electron chi connectivity index (χ2n) is 4.70. The van der Waals surface area contributed by atoms with Crippen LogP contribution in [0.2, 0.25) is 0 Å². The van der Waals surface area contributed by atoms with E-state index in [4.69, 9.17) is 10.5 Å². The quantitative estimate of drug-likeness (QED) is 0.792. The highest BCUT2D eigenvalue weighted by Gasteiger charge is 2.21. The summed E-state index contributed by atoms with van der Waals surface area (Å²) in [5.41, 5.74) is 5.51. The van der Waals surface area contributed by atoms with Crippen molar-refractivity contribution in [1.29, 1.82) is 0 Å². The second-order valence-corrected chi connectivity index (χ2v) is 4.70. The molecule has 1 aromatic rings. The zero-order chi connectivity index (χ0) is 13.1. The van der Waals surface area contributed by atoms with Crippen LogP contribution in [0.3, 0.4) is 0 Å². The number of nitrogens with zero attached hydrogens (tertiary/aromatic N) is 3. The molecule has 0 aliphatic rings. The molecular formula is C11H21N5O. The van der Waals surface area contributed by atoms with E-state index in [0.29, 0.717) is 18.3 Å². The van der Waals surface area contributed by atoms with Crippen LogP contribution in [0.1, 0.15) is 13.8 Å². The summed E-state index contributed by atoms with van der Waals surface area (Å²) < 4.78 is 5.64. The summed E-state index contributed by atoms with van der Waals surface area (Å²) in [6.45, 7) is 4.71. The minimum atomic E-state index is -0.0699. The van der Waals surface area contributed by atoms with Crippen molar-refractivity contribution < 1.29 is 4.74 Å². The molecule has 1 heterocycles. The maximum absolute atomic E-state index is 5.64. The normalized spacial score (nSPS) is 11.6. The van der Waals surface area contributed by atoms with E-state index in [1.807, 2.05) is 14.1 Å². The van der Waals surface area contributed by atoms with Gasteiger partial charge in [-0.1, -0.05) is 0 Å². The van der Waals surface area contributed by atoms with Crippen LogP contribution in [-0.4, -0.2) is 48.2 Å². The predicted octanol–water partition coefficient (Wildman–Crippen LogP) is 0.819. The van der Waals surface area contributed by atoms with E-state index in [1.54, 1.807) is 13.1 Å². The second kappa shape index (κ2) is 5.18. The lowest BCUT2D eigenvalue weighted by molar-refractivity contribution is 0.111. The fraction of sp³-hybridized carbons (Fsp3) is 0.636. The van der Waals surface area contributed by atoms with Crippen molar-refractivity contribution >= 4 is 11.8 Å². The molecule has 0 aliphatic carbocycles. The average Bonchev–Trinajstić information content (AvgIpc) is 2.25. The van der Waals surface area contributed by atoms with E-state index >= 15 is 0 Å². The fourth-order valence-corrected chi connectivity index (χ4v) is 1.02. The van der Waals surface area contributed by atoms with E-state index in [9.17, 15) is 0 Å². The van der Waals surface area contributed by atoms with Gasteiger partial charge in [0.1, 0.15) is 12.4 Å². The first-order chi connectivity index (χ1) is 7.85. The number of hydrogen-bond donors (Lipinski definition) is 2. The third-order valence-corrected chi connectivity index (χ3v) is 2.76. The van der Waals surface area contributed by atoms with Gasteiger partial charge in [-0.3, -0.25) is 0 Å². The molecule has 0 radical (unpaired) electrons. The molecule has 6 heteroatoms. The lowest BCUT2D eigenvalue weighted by atomic mass is 10.1. The number of anilines is 2. The van der Waals surface area contributed by atoms with Crippen LogP contribution in [0.4, 0.5) is 11.8 Å². The zero-order valence-corrected chi connectivity index (χ0v) is 11.1. The first-order valence-corrected chi connectivity index (χ1v) is 5.47. The maximum atomic E-state index is 5.64. The van der Waals surface area contributed by atoms with Crippen molar-refractivity contribution in [2.45, 2.75) is 19.4 Å². The zero-order valence-electron chi connectivity index (χ0n) is 11.1. The first kappa shape index (κ1) is 13.5. The highest BCUT2D eigenvalue weighted by Crippen LogP contribution is 2.17. The van der Waals surface area contributed by atoms with Crippen LogP contribution >= 0.6 is 0 Å². The van der Waals surface area contributed by atoms with Gasteiger partial charge in [-0.05, 0) is 27.9 Å². The molecule has 6 nitrogen and oxygen atoms in total. The molecule has 0 saturated carbocycles. The Morgan fingerprint density at radius 3 is 2.59 bits per heavy atom. The molecule has 0 unspecified atom stereocenters. The summed E-state index contributed by atoms with van der Waals surface area (Å²) in [4.78, 5) is 10.1. The number of nitrogens with one attached hydrogen (secondary N) is 1. The Labute approximate surface area is 102 Å². The molecule has 0 aliphatic heterocycles. The minimum absolute atomic E-state index is 0.0699. The van der Waals surface area contributed by atoms with Gasteiger partial charge in [0.25, 0.3) is 0 Å². The molecule has 96 valence electrons. The molecular weight excluding hydrogens is 218 g/mol. The summed E-state index contributed by atoms with van der Waals surface area (Å²) in [7, 11) is 5.79. The largest absolute Gasteiger partial charge is 0.476 e. The molecule has 0 amide bonds. The van der Waals surface area contributed by atoms with Crippen LogP contribution < -0.4 is 15.8 Å². The molecule has 0 fully saturated rings. The van der Waals surface area contributed by atoms with E-state index in [2.05, 4.69) is 34.0 Å². The smallest absolute Gasteiger partial charge is 0.225 e. The lowest BCUT2D eigenvalue weighted by Crippen LogP contribution is -2.43. The number of hydrogen-bond acceptors (Lipinski definition) is 6. The first-order valence-electron chi connectivity index (χ1n) is 5.47. The average molecular weight is 239 g/mol. The van der Waals surface area contributed by atoms with E-state index < -0.39 is 0 Å². The standard InChI is InChI=1S/C11H21N5O/c1-11(2,16(4)5)7-17-9-6-8(13-3)14-10(12)15-9/h6H,7H2,1-5H3,(H3,12,13,14,15). The van der Waals surface area contributed by atoms with Crippen molar-refractivity contribution in [3.8, 4) is 5.88 Å². The molecule has 0 bridgehead atoms. The SMILES string of the molecule is CNc1cc(OCC(C)(C)N(C)C)nc(N)n1. The molecule has 17 heavy (non-hydrogen) atoms. The van der Waals surface area contributed by atoms with Crippen LogP contribution in [0.15, 0.2) is 6.07 Å². The molecule has 3 N–H and O–H groups in total. The summed E-state index contributed by atoms with van der Waals surface area (Å²) in [6, 6.07) is 1.72. The highest BCUT2D eigenvalue weighted by atomic mass is 16.5. The molecule has 1 rings (SSSR count). The van der Waals surface area contributed by atoms with Crippen LogP contribution in [0, 0.1) is 0 Å². The van der Waals surface area contributed by atoms with Gasteiger partial charge in [0.2, 0.25) is 11.8 Å². The molecule has 1 aromatic heterocycles. The molecule has 0 spiro atoms. The summed E-state index contributed by atoms with van der Waals surface area (Å²) in [5.74, 6) is 1.33. The Hall–Kier alpha value is -1.56. The van der Waals surface area contributed by atoms with Gasteiger partial charge in [-0.2, -0.15) is 9.97 Å². The Bertz CT molecular complexity index is 378. The highest BCUT2D eigenvalue weighted by molar-refractivity contribution is 5.42. The number of rotatable bonds is 5. The minimum Gasteiger partial charge on any atom is -0.476 e. The number of nitrogens with two attached hydrogens (primary N) is 1. The number of ether oxygens (including phenoxy) is 1. The van der Waals surface area contributed by atoms with Crippen LogP contribution in [-0.2, 0) is 0 Å². The number of nitrogen functional groups attached to an aromatic ring is 1. The van der Waals surface area contributed by atoms with Gasteiger partial charge in [0, 0.05) is 18.7 Å². The Balaban J connectivity index is 2.72. The van der Waals surface area contributed by atoms with Crippen molar-refractivity contribution in [2.24, 2.45) is 0 Å². The predicted molar refractivity (Wildman–Crippen MR) is 69.3 cm³/mol. The lowest BCUT2D eigenvalue weighted by Gasteiger charge is -2.31. The van der Waals surface area contributed by atoms with Gasteiger partial charge in [-0.25, -0.2) is 0 Å². The fourth-order valence-electron chi connectivity index (χ4n) is 1.02. The van der Waals surface area contributed by atoms with Crippen molar-refractivity contribution in [3.63, 3.8) is 0 Å². The molecule has 0 saturated heterocycles. The van der Waals surface area contributed by atoms with E-state index in [-0.39, 0.29) is 11.5 Å². The van der Waals surface area contributed by atoms with E-state index in [1.165, 1.54) is 0 Å². The van der Waals surface area contributed by atoms with Crippen LogP contribution in [0.25, 0.3) is 0 Å². The van der Waals surface area contributed by atoms with Crippen molar-refractivity contribution in [2.75, 3.05) is 38.8 Å². The molecule has 0 aromatic carbocycles. The summed E-state index contributed by atoms with van der Waals surface area (Å²) in [6.07, 6.45) is 0. The Morgan fingerprint density at radius 1 is 1.41 bits per heavy atom. The van der Waals surface area contributed by atoms with Gasteiger partial charge in [-0.15, -0.1) is 0 Å². The number of aromatic nitrogens is 2.